The van der Waals surface area contributed by atoms with Crippen molar-refractivity contribution < 1.29 is 30.7 Å². The summed E-state index contributed by atoms with van der Waals surface area (Å²) in [6, 6.07) is 4.98. The van der Waals surface area contributed by atoms with Crippen LogP contribution in [0.25, 0.3) is 22.4 Å². The molecule has 2 N–H and O–H groups in total. The first-order chi connectivity index (χ1) is 19.3. The lowest BCUT2D eigenvalue weighted by molar-refractivity contribution is -0.137. The molecule has 4 heterocycles. The quantitative estimate of drug-likeness (QED) is 0.289. The molecule has 10 nitrogen and oxygen atoms in total. The fourth-order valence-corrected chi connectivity index (χ4v) is 5.63. The van der Waals surface area contributed by atoms with Crippen LogP contribution in [0.5, 0.6) is 5.88 Å². The van der Waals surface area contributed by atoms with Gasteiger partial charge in [-0.1, -0.05) is 0 Å². The number of benzene rings is 1. The van der Waals surface area contributed by atoms with E-state index < -0.39 is 38.3 Å². The Balaban J connectivity index is 1.41. The maximum atomic E-state index is 15.1. The van der Waals surface area contributed by atoms with Crippen LogP contribution in [0.1, 0.15) is 37.9 Å². The van der Waals surface area contributed by atoms with E-state index in [1.165, 1.54) is 6.07 Å². The third-order valence-corrected chi connectivity index (χ3v) is 8.12. The number of hydrogen-bond donors (Lipinski definition) is 2. The van der Waals surface area contributed by atoms with Crippen LogP contribution in [0.3, 0.4) is 0 Å². The van der Waals surface area contributed by atoms with Crippen LogP contribution < -0.4 is 9.46 Å². The number of H-pyrrole nitrogens is 1. The Bertz CT molecular complexity index is 1680. The van der Waals surface area contributed by atoms with Crippen molar-refractivity contribution in [1.29, 1.82) is 0 Å². The molecular formula is C26H27F4N7O3S. The maximum absolute atomic E-state index is 15.1. The Morgan fingerprint density at radius 3 is 2.51 bits per heavy atom. The molecule has 1 saturated heterocycles. The molecule has 1 fully saturated rings. The summed E-state index contributed by atoms with van der Waals surface area (Å²) >= 11 is 0. The second-order valence-electron chi connectivity index (χ2n) is 10.0. The fourth-order valence-electron chi connectivity index (χ4n) is 4.59. The molecule has 1 aromatic carbocycles. The zero-order valence-corrected chi connectivity index (χ0v) is 23.1. The van der Waals surface area contributed by atoms with E-state index in [1.54, 1.807) is 6.92 Å². The number of anilines is 1. The van der Waals surface area contributed by atoms with Crippen LogP contribution in [-0.2, 0) is 16.2 Å². The summed E-state index contributed by atoms with van der Waals surface area (Å²) in [5.41, 5.74) is -0.437. The standard InChI is InChI=1S/C26H27F4N7O3S/c1-14(2)37-10-7-18(8-11-37)40-25-22-15(3)34-35-24(22)32-23(33-25)16-4-5-20(19(27)12-16)36-41(38,39)21-13-17(6-9-31-21)26(28,29)30/h4-6,9,12-14,18,36H,7-8,10-11H2,1-3H3,(H,32,33,34,35). The van der Waals surface area contributed by atoms with Crippen molar-refractivity contribution in [3.05, 3.63) is 53.6 Å². The average Bonchev–Trinajstić information content (AvgIpc) is 3.30. The first-order valence-corrected chi connectivity index (χ1v) is 14.3. The number of hydrogen-bond acceptors (Lipinski definition) is 8. The second kappa shape index (κ2) is 10.9. The molecular weight excluding hydrogens is 566 g/mol. The number of aryl methyl sites for hydroxylation is 1. The number of sulfonamides is 1. The minimum Gasteiger partial charge on any atom is -0.474 e. The van der Waals surface area contributed by atoms with Gasteiger partial charge in [-0.05, 0) is 63.9 Å². The SMILES string of the molecule is Cc1n[nH]c2nc(-c3ccc(NS(=O)(=O)c4cc(C(F)(F)F)ccn4)c(F)c3)nc(OC3CCN(C(C)C)CC3)c12. The van der Waals surface area contributed by atoms with Crippen molar-refractivity contribution in [2.75, 3.05) is 17.8 Å². The second-order valence-corrected chi connectivity index (χ2v) is 11.6. The Morgan fingerprint density at radius 1 is 1.12 bits per heavy atom. The molecule has 0 spiro atoms. The van der Waals surface area contributed by atoms with Crippen molar-refractivity contribution in [3.63, 3.8) is 0 Å². The van der Waals surface area contributed by atoms with Gasteiger partial charge in [-0.15, -0.1) is 0 Å². The normalized spacial score (nSPS) is 15.5. The first kappa shape index (κ1) is 28.7. The summed E-state index contributed by atoms with van der Waals surface area (Å²) < 4.78 is 87.7. The number of nitrogens with one attached hydrogen (secondary N) is 2. The Hall–Kier alpha value is -3.85. The summed E-state index contributed by atoms with van der Waals surface area (Å²) in [7, 11) is -4.62. The molecule has 1 aliphatic rings. The number of aromatic nitrogens is 5. The Labute approximate surface area is 233 Å². The highest BCUT2D eigenvalue weighted by Gasteiger charge is 2.32. The monoisotopic (exact) mass is 593 g/mol. The maximum Gasteiger partial charge on any atom is 0.416 e. The molecule has 4 aromatic rings. The van der Waals surface area contributed by atoms with E-state index in [4.69, 9.17) is 4.74 Å². The van der Waals surface area contributed by atoms with Crippen LogP contribution in [0.2, 0.25) is 0 Å². The smallest absolute Gasteiger partial charge is 0.416 e. The summed E-state index contributed by atoms with van der Waals surface area (Å²) in [5, 5.41) is 6.73. The summed E-state index contributed by atoms with van der Waals surface area (Å²) in [6.45, 7) is 7.84. The highest BCUT2D eigenvalue weighted by Crippen LogP contribution is 2.33. The highest BCUT2D eigenvalue weighted by molar-refractivity contribution is 7.92. The lowest BCUT2D eigenvalue weighted by atomic mass is 10.1. The van der Waals surface area contributed by atoms with Crippen LogP contribution in [0, 0.1) is 12.7 Å². The Morgan fingerprint density at radius 2 is 1.85 bits per heavy atom. The number of fused-ring (bicyclic) bond motifs is 1. The molecule has 0 atom stereocenters. The molecule has 41 heavy (non-hydrogen) atoms. The fraction of sp³-hybridized carbons (Fsp3) is 0.385. The van der Waals surface area contributed by atoms with E-state index in [0.29, 0.717) is 40.8 Å². The molecule has 0 radical (unpaired) electrons. The van der Waals surface area contributed by atoms with Gasteiger partial charge in [-0.3, -0.25) is 9.82 Å². The predicted octanol–water partition coefficient (Wildman–Crippen LogP) is 4.93. The lowest BCUT2D eigenvalue weighted by Crippen LogP contribution is -2.41. The molecule has 0 amide bonds. The van der Waals surface area contributed by atoms with E-state index in [-0.39, 0.29) is 17.5 Å². The number of piperidine rings is 1. The van der Waals surface area contributed by atoms with Gasteiger partial charge >= 0.3 is 6.18 Å². The topological polar surface area (TPSA) is 126 Å². The summed E-state index contributed by atoms with van der Waals surface area (Å²) in [6.07, 6.45) is -2.53. The number of ether oxygens (including phenoxy) is 1. The molecule has 0 bridgehead atoms. The molecule has 15 heteroatoms. The van der Waals surface area contributed by atoms with E-state index in [0.717, 1.165) is 44.3 Å². The van der Waals surface area contributed by atoms with Gasteiger partial charge < -0.3 is 9.64 Å². The molecule has 1 aliphatic heterocycles. The van der Waals surface area contributed by atoms with E-state index in [1.807, 2.05) is 4.72 Å². The minimum absolute atomic E-state index is 0.0803. The van der Waals surface area contributed by atoms with Gasteiger partial charge in [0, 0.05) is 30.9 Å². The van der Waals surface area contributed by atoms with Gasteiger partial charge in [-0.25, -0.2) is 14.4 Å². The van der Waals surface area contributed by atoms with Crippen molar-refractivity contribution >= 4 is 26.7 Å². The highest BCUT2D eigenvalue weighted by atomic mass is 32.2. The number of pyridine rings is 1. The third-order valence-electron chi connectivity index (χ3n) is 6.86. The number of rotatable bonds is 7. The molecule has 218 valence electrons. The minimum atomic E-state index is -4.78. The molecule has 0 unspecified atom stereocenters. The average molecular weight is 594 g/mol. The number of likely N-dealkylation sites (tertiary alicyclic amines) is 1. The number of halogens is 4. The van der Waals surface area contributed by atoms with Crippen molar-refractivity contribution in [1.82, 2.24) is 30.0 Å². The van der Waals surface area contributed by atoms with Gasteiger partial charge in [0.05, 0.1) is 16.9 Å². The molecule has 0 aliphatic carbocycles. The first-order valence-electron chi connectivity index (χ1n) is 12.8. The molecule has 3 aromatic heterocycles. The molecule has 5 rings (SSSR count). The van der Waals surface area contributed by atoms with Crippen molar-refractivity contribution in [3.8, 4) is 17.3 Å². The Kier molecular flexibility index (Phi) is 7.59. The van der Waals surface area contributed by atoms with Crippen LogP contribution in [0.15, 0.2) is 41.6 Å². The zero-order chi connectivity index (χ0) is 29.5. The summed E-state index contributed by atoms with van der Waals surface area (Å²) in [5.74, 6) is -0.574. The number of aromatic amines is 1. The van der Waals surface area contributed by atoms with Gasteiger partial charge in [0.15, 0.2) is 16.5 Å². The largest absolute Gasteiger partial charge is 0.474 e. The van der Waals surface area contributed by atoms with Gasteiger partial charge in [0.1, 0.15) is 17.3 Å². The van der Waals surface area contributed by atoms with E-state index in [9.17, 15) is 21.6 Å². The van der Waals surface area contributed by atoms with E-state index >= 15 is 4.39 Å². The number of alkyl halides is 3. The van der Waals surface area contributed by atoms with Gasteiger partial charge in [-0.2, -0.15) is 31.7 Å². The van der Waals surface area contributed by atoms with Crippen LogP contribution in [0.4, 0.5) is 23.2 Å². The predicted molar refractivity (Wildman–Crippen MR) is 142 cm³/mol. The lowest BCUT2D eigenvalue weighted by Gasteiger charge is -2.34. The van der Waals surface area contributed by atoms with Crippen LogP contribution in [-0.4, -0.2) is 63.7 Å². The van der Waals surface area contributed by atoms with Crippen LogP contribution >= 0.6 is 0 Å². The zero-order valence-electron chi connectivity index (χ0n) is 22.3. The van der Waals surface area contributed by atoms with Gasteiger partial charge in [0.25, 0.3) is 10.0 Å². The molecule has 0 saturated carbocycles. The van der Waals surface area contributed by atoms with E-state index in [2.05, 4.69) is 43.9 Å². The van der Waals surface area contributed by atoms with Gasteiger partial charge in [0.2, 0.25) is 5.88 Å². The third kappa shape index (κ3) is 6.10. The van der Waals surface area contributed by atoms with Crippen molar-refractivity contribution in [2.45, 2.75) is 57.0 Å². The summed E-state index contributed by atoms with van der Waals surface area (Å²) in [4.78, 5) is 14.9. The van der Waals surface area contributed by atoms with Crippen molar-refractivity contribution in [2.24, 2.45) is 0 Å². The number of nitrogens with zero attached hydrogens (tertiary/aromatic N) is 5.